The van der Waals surface area contributed by atoms with Crippen molar-refractivity contribution in [2.75, 3.05) is 13.7 Å². The summed E-state index contributed by atoms with van der Waals surface area (Å²) in [5, 5.41) is 22.5. The van der Waals surface area contributed by atoms with Crippen molar-refractivity contribution in [2.24, 2.45) is 0 Å². The van der Waals surface area contributed by atoms with Gasteiger partial charge in [0.2, 0.25) is 0 Å². The second-order valence-electron chi connectivity index (χ2n) is 4.59. The van der Waals surface area contributed by atoms with Crippen molar-refractivity contribution >= 4 is 0 Å². The zero-order chi connectivity index (χ0) is 14.4. The summed E-state index contributed by atoms with van der Waals surface area (Å²) in [6, 6.07) is 14.4. The van der Waals surface area contributed by atoms with Gasteiger partial charge in [-0.3, -0.25) is 0 Å². The summed E-state index contributed by atoms with van der Waals surface area (Å²) in [4.78, 5) is 0. The molecule has 106 valence electrons. The lowest BCUT2D eigenvalue weighted by molar-refractivity contribution is 0.174. The van der Waals surface area contributed by atoms with Crippen LogP contribution in [0.3, 0.4) is 0 Å². The maximum absolute atomic E-state index is 10.1. The Kier molecular flexibility index (Phi) is 4.98. The number of phenolic OH excluding ortho intramolecular Hbond substituents is 1. The molecule has 2 aromatic rings. The van der Waals surface area contributed by atoms with Crippen LogP contribution in [0.1, 0.15) is 17.2 Å². The topological polar surface area (TPSA) is 61.7 Å². The summed E-state index contributed by atoms with van der Waals surface area (Å²) in [6.45, 7) is 1.09. The molecule has 0 amide bonds. The van der Waals surface area contributed by atoms with Crippen LogP contribution in [0.2, 0.25) is 0 Å². The summed E-state index contributed by atoms with van der Waals surface area (Å²) >= 11 is 0. The quantitative estimate of drug-likeness (QED) is 0.755. The molecule has 1 unspecified atom stereocenters. The number of hydrogen-bond acceptors (Lipinski definition) is 4. The Morgan fingerprint density at radius 2 is 1.90 bits per heavy atom. The minimum absolute atomic E-state index is 0.255. The summed E-state index contributed by atoms with van der Waals surface area (Å²) in [5.41, 5.74) is 1.88. The fourth-order valence-corrected chi connectivity index (χ4v) is 1.93. The molecule has 0 aliphatic heterocycles. The lowest BCUT2D eigenvalue weighted by Crippen LogP contribution is -2.21. The standard InChI is InChI=1S/C16H19NO3/c1-20-15-4-2-3-13(9-15)16(19)11-17-10-12-5-7-14(18)8-6-12/h2-9,16-19H,10-11H2,1H3. The predicted octanol–water partition coefficient (Wildman–Crippen LogP) is 2.22. The number of aliphatic hydroxyl groups is 1. The SMILES string of the molecule is COc1cccc(C(O)CNCc2ccc(O)cc2)c1. The Hall–Kier alpha value is -2.04. The van der Waals surface area contributed by atoms with Gasteiger partial charge in [0, 0.05) is 13.1 Å². The molecule has 1 atom stereocenters. The lowest BCUT2D eigenvalue weighted by atomic mass is 10.1. The van der Waals surface area contributed by atoms with Gasteiger partial charge in [-0.1, -0.05) is 24.3 Å². The molecule has 0 spiro atoms. The molecule has 2 aromatic carbocycles. The summed E-state index contributed by atoms with van der Waals surface area (Å²) in [7, 11) is 1.61. The van der Waals surface area contributed by atoms with E-state index in [9.17, 15) is 10.2 Å². The largest absolute Gasteiger partial charge is 0.508 e. The van der Waals surface area contributed by atoms with Gasteiger partial charge in [0.05, 0.1) is 13.2 Å². The van der Waals surface area contributed by atoms with Gasteiger partial charge in [-0.2, -0.15) is 0 Å². The normalized spacial score (nSPS) is 12.1. The molecule has 0 fully saturated rings. The van der Waals surface area contributed by atoms with Crippen LogP contribution >= 0.6 is 0 Å². The van der Waals surface area contributed by atoms with Crippen LogP contribution in [0.4, 0.5) is 0 Å². The molecule has 2 rings (SSSR count). The van der Waals surface area contributed by atoms with E-state index in [0.29, 0.717) is 13.1 Å². The Labute approximate surface area is 118 Å². The second-order valence-corrected chi connectivity index (χ2v) is 4.59. The van der Waals surface area contributed by atoms with Gasteiger partial charge in [0.1, 0.15) is 11.5 Å². The summed E-state index contributed by atoms with van der Waals surface area (Å²) < 4.78 is 5.13. The molecule has 0 aliphatic rings. The zero-order valence-corrected chi connectivity index (χ0v) is 11.4. The molecule has 0 radical (unpaired) electrons. The Morgan fingerprint density at radius 1 is 1.15 bits per heavy atom. The fraction of sp³-hybridized carbons (Fsp3) is 0.250. The number of phenols is 1. The van der Waals surface area contributed by atoms with Gasteiger partial charge in [-0.15, -0.1) is 0 Å². The van der Waals surface area contributed by atoms with E-state index in [4.69, 9.17) is 4.74 Å². The zero-order valence-electron chi connectivity index (χ0n) is 11.4. The summed E-state index contributed by atoms with van der Waals surface area (Å²) in [5.74, 6) is 0.991. The Balaban J connectivity index is 1.85. The molecule has 4 heteroatoms. The highest BCUT2D eigenvalue weighted by molar-refractivity contribution is 5.30. The number of ether oxygens (including phenoxy) is 1. The van der Waals surface area contributed by atoms with Crippen molar-refractivity contribution in [3.63, 3.8) is 0 Å². The van der Waals surface area contributed by atoms with E-state index in [1.54, 1.807) is 19.2 Å². The molecule has 0 aromatic heterocycles. The summed E-state index contributed by atoms with van der Waals surface area (Å²) in [6.07, 6.45) is -0.581. The number of rotatable bonds is 6. The number of hydrogen-bond donors (Lipinski definition) is 3. The highest BCUT2D eigenvalue weighted by atomic mass is 16.5. The molecule has 0 aliphatic carbocycles. The molecule has 20 heavy (non-hydrogen) atoms. The van der Waals surface area contributed by atoms with Crippen molar-refractivity contribution in [1.29, 1.82) is 0 Å². The minimum Gasteiger partial charge on any atom is -0.508 e. The first-order chi connectivity index (χ1) is 9.69. The van der Waals surface area contributed by atoms with E-state index < -0.39 is 6.10 Å². The van der Waals surface area contributed by atoms with Crippen molar-refractivity contribution in [2.45, 2.75) is 12.6 Å². The maximum atomic E-state index is 10.1. The van der Waals surface area contributed by atoms with Crippen LogP contribution in [0.25, 0.3) is 0 Å². The van der Waals surface area contributed by atoms with Crippen LogP contribution in [-0.2, 0) is 6.54 Å². The van der Waals surface area contributed by atoms with Gasteiger partial charge in [-0.25, -0.2) is 0 Å². The van der Waals surface area contributed by atoms with Crippen LogP contribution in [0.5, 0.6) is 11.5 Å². The van der Waals surface area contributed by atoms with Crippen LogP contribution in [0, 0.1) is 0 Å². The molecular weight excluding hydrogens is 254 g/mol. The molecular formula is C16H19NO3. The third kappa shape index (κ3) is 3.98. The first-order valence-corrected chi connectivity index (χ1v) is 6.49. The van der Waals surface area contributed by atoms with Crippen LogP contribution < -0.4 is 10.1 Å². The van der Waals surface area contributed by atoms with E-state index >= 15 is 0 Å². The molecule has 0 saturated carbocycles. The van der Waals surface area contributed by atoms with Gasteiger partial charge in [0.15, 0.2) is 0 Å². The highest BCUT2D eigenvalue weighted by Gasteiger charge is 2.07. The van der Waals surface area contributed by atoms with Crippen molar-refractivity contribution in [1.82, 2.24) is 5.32 Å². The van der Waals surface area contributed by atoms with E-state index in [-0.39, 0.29) is 5.75 Å². The third-order valence-corrected chi connectivity index (χ3v) is 3.08. The first kappa shape index (κ1) is 14.4. The number of aromatic hydroxyl groups is 1. The van der Waals surface area contributed by atoms with E-state index in [1.165, 1.54) is 0 Å². The number of nitrogens with one attached hydrogen (secondary N) is 1. The van der Waals surface area contributed by atoms with E-state index in [1.807, 2.05) is 36.4 Å². The second kappa shape index (κ2) is 6.93. The lowest BCUT2D eigenvalue weighted by Gasteiger charge is -2.13. The average molecular weight is 273 g/mol. The predicted molar refractivity (Wildman–Crippen MR) is 77.8 cm³/mol. The molecule has 0 saturated heterocycles. The number of aliphatic hydroxyl groups excluding tert-OH is 1. The van der Waals surface area contributed by atoms with Crippen molar-refractivity contribution < 1.29 is 14.9 Å². The fourth-order valence-electron chi connectivity index (χ4n) is 1.93. The monoisotopic (exact) mass is 273 g/mol. The molecule has 0 heterocycles. The van der Waals surface area contributed by atoms with Gasteiger partial charge in [0.25, 0.3) is 0 Å². The Bertz CT molecular complexity index is 540. The minimum atomic E-state index is -0.581. The van der Waals surface area contributed by atoms with Gasteiger partial charge in [-0.05, 0) is 35.4 Å². The molecule has 3 N–H and O–H groups in total. The average Bonchev–Trinajstić information content (AvgIpc) is 2.49. The van der Waals surface area contributed by atoms with Crippen LogP contribution in [0.15, 0.2) is 48.5 Å². The molecule has 0 bridgehead atoms. The smallest absolute Gasteiger partial charge is 0.119 e. The third-order valence-electron chi connectivity index (χ3n) is 3.08. The molecule has 4 nitrogen and oxygen atoms in total. The number of benzene rings is 2. The van der Waals surface area contributed by atoms with Crippen LogP contribution in [-0.4, -0.2) is 23.9 Å². The van der Waals surface area contributed by atoms with Gasteiger partial charge < -0.3 is 20.3 Å². The van der Waals surface area contributed by atoms with Crippen molar-refractivity contribution in [3.8, 4) is 11.5 Å². The van der Waals surface area contributed by atoms with E-state index in [0.717, 1.165) is 16.9 Å². The maximum Gasteiger partial charge on any atom is 0.119 e. The van der Waals surface area contributed by atoms with E-state index in [2.05, 4.69) is 5.32 Å². The highest BCUT2D eigenvalue weighted by Crippen LogP contribution is 2.18. The van der Waals surface area contributed by atoms with Crippen molar-refractivity contribution in [3.05, 3.63) is 59.7 Å². The van der Waals surface area contributed by atoms with Gasteiger partial charge >= 0.3 is 0 Å². The first-order valence-electron chi connectivity index (χ1n) is 6.49. The number of methoxy groups -OCH3 is 1. The Morgan fingerprint density at radius 3 is 2.60 bits per heavy atom.